The summed E-state index contributed by atoms with van der Waals surface area (Å²) >= 11 is 3.45. The molecule has 28 heavy (non-hydrogen) atoms. The fourth-order valence-electron chi connectivity index (χ4n) is 3.46. The van der Waals surface area contributed by atoms with E-state index in [1.165, 1.54) is 22.2 Å². The van der Waals surface area contributed by atoms with Gasteiger partial charge in [-0.3, -0.25) is 0 Å². The molecule has 0 bridgehead atoms. The first-order valence-corrected chi connectivity index (χ1v) is 10.8. The maximum atomic E-state index is 5.94. The number of hydrogen-bond donors (Lipinski definition) is 0. The highest BCUT2D eigenvalue weighted by molar-refractivity contribution is 7.99. The van der Waals surface area contributed by atoms with Crippen LogP contribution in [0.3, 0.4) is 0 Å². The topological polar surface area (TPSA) is 73.9 Å². The molecule has 5 rings (SSSR count). The lowest BCUT2D eigenvalue weighted by atomic mass is 10.2. The van der Waals surface area contributed by atoms with Gasteiger partial charge in [0, 0.05) is 15.8 Å². The van der Waals surface area contributed by atoms with Gasteiger partial charge in [0.15, 0.2) is 0 Å². The predicted octanol–water partition coefficient (Wildman–Crippen LogP) is 5.09. The first-order chi connectivity index (χ1) is 13.7. The Morgan fingerprint density at radius 1 is 1.14 bits per heavy atom. The van der Waals surface area contributed by atoms with E-state index in [0.29, 0.717) is 11.8 Å². The fourth-order valence-corrected chi connectivity index (χ4v) is 5.73. The average molecular weight is 411 g/mol. The molecule has 0 aliphatic heterocycles. The minimum atomic E-state index is -0.00504. The second-order valence-electron chi connectivity index (χ2n) is 6.65. The Hall–Kier alpha value is -2.45. The minimum absolute atomic E-state index is 0.00504. The molecule has 0 spiro atoms. The Morgan fingerprint density at radius 3 is 2.82 bits per heavy atom. The summed E-state index contributed by atoms with van der Waals surface area (Å²) in [4.78, 5) is 11.6. The van der Waals surface area contributed by atoms with Crippen molar-refractivity contribution in [1.82, 2.24) is 20.2 Å². The molecule has 0 saturated carbocycles. The van der Waals surface area contributed by atoms with E-state index in [1.807, 2.05) is 24.3 Å². The zero-order valence-corrected chi connectivity index (χ0v) is 17.1. The predicted molar refractivity (Wildman–Crippen MR) is 110 cm³/mol. The summed E-state index contributed by atoms with van der Waals surface area (Å²) < 4.78 is 11.1. The molecule has 142 valence electrons. The van der Waals surface area contributed by atoms with Gasteiger partial charge in [-0.1, -0.05) is 11.8 Å². The largest absolute Gasteiger partial charge is 0.497 e. The van der Waals surface area contributed by atoms with Gasteiger partial charge in [0.2, 0.25) is 11.8 Å². The number of hydrogen-bond acceptors (Lipinski definition) is 8. The molecule has 1 aliphatic rings. The standard InChI is InChI=1S/C20H18N4O2S2/c1-11(17-23-24-18(26-17)12-6-8-13(25-2)9-7-12)27-19-16-14-4-3-5-15(14)28-20(16)22-10-21-19/h6-11H,3-5H2,1-2H3/t11-/m1/s1. The van der Waals surface area contributed by atoms with Crippen molar-refractivity contribution in [3.05, 3.63) is 46.9 Å². The molecule has 1 atom stereocenters. The van der Waals surface area contributed by atoms with Gasteiger partial charge < -0.3 is 9.15 Å². The van der Waals surface area contributed by atoms with Crippen molar-refractivity contribution in [1.29, 1.82) is 0 Å². The second kappa shape index (κ2) is 7.18. The highest BCUT2D eigenvalue weighted by Gasteiger charge is 2.24. The van der Waals surface area contributed by atoms with Crippen molar-refractivity contribution in [3.63, 3.8) is 0 Å². The minimum Gasteiger partial charge on any atom is -0.497 e. The van der Waals surface area contributed by atoms with E-state index in [2.05, 4.69) is 27.1 Å². The van der Waals surface area contributed by atoms with Gasteiger partial charge >= 0.3 is 0 Å². The van der Waals surface area contributed by atoms with Crippen LogP contribution in [-0.2, 0) is 12.8 Å². The molecule has 0 saturated heterocycles. The normalized spacial score (nSPS) is 14.4. The van der Waals surface area contributed by atoms with E-state index in [4.69, 9.17) is 9.15 Å². The van der Waals surface area contributed by atoms with E-state index >= 15 is 0 Å². The van der Waals surface area contributed by atoms with Crippen LogP contribution >= 0.6 is 23.1 Å². The molecule has 0 amide bonds. The third-order valence-electron chi connectivity index (χ3n) is 4.88. The first kappa shape index (κ1) is 17.6. The summed E-state index contributed by atoms with van der Waals surface area (Å²) in [7, 11) is 1.64. The summed E-state index contributed by atoms with van der Waals surface area (Å²) in [6.45, 7) is 2.07. The highest BCUT2D eigenvalue weighted by Crippen LogP contribution is 2.43. The van der Waals surface area contributed by atoms with Crippen LogP contribution in [0, 0.1) is 0 Å². The highest BCUT2D eigenvalue weighted by atomic mass is 32.2. The van der Waals surface area contributed by atoms with Crippen molar-refractivity contribution in [2.75, 3.05) is 7.11 Å². The molecule has 0 fully saturated rings. The van der Waals surface area contributed by atoms with Gasteiger partial charge in [-0.05, 0) is 56.0 Å². The van der Waals surface area contributed by atoms with Gasteiger partial charge in [0.1, 0.15) is 21.9 Å². The van der Waals surface area contributed by atoms with Crippen molar-refractivity contribution in [2.24, 2.45) is 0 Å². The Labute approximate surface area is 170 Å². The van der Waals surface area contributed by atoms with Crippen molar-refractivity contribution >= 4 is 33.3 Å². The number of thioether (sulfide) groups is 1. The molecule has 8 heteroatoms. The molecule has 0 radical (unpaired) electrons. The number of methoxy groups -OCH3 is 1. The zero-order valence-electron chi connectivity index (χ0n) is 15.5. The molecular weight excluding hydrogens is 392 g/mol. The summed E-state index contributed by atoms with van der Waals surface area (Å²) in [5, 5.41) is 10.7. The smallest absolute Gasteiger partial charge is 0.247 e. The van der Waals surface area contributed by atoms with Gasteiger partial charge in [0.25, 0.3) is 0 Å². The molecule has 6 nitrogen and oxygen atoms in total. The average Bonchev–Trinajstić information content (AvgIpc) is 3.44. The van der Waals surface area contributed by atoms with E-state index in [-0.39, 0.29) is 5.25 Å². The monoisotopic (exact) mass is 410 g/mol. The van der Waals surface area contributed by atoms with E-state index < -0.39 is 0 Å². The number of ether oxygens (including phenoxy) is 1. The van der Waals surface area contributed by atoms with Crippen molar-refractivity contribution in [3.8, 4) is 17.2 Å². The number of fused-ring (bicyclic) bond motifs is 3. The van der Waals surface area contributed by atoms with Crippen LogP contribution in [0.4, 0.5) is 0 Å². The van der Waals surface area contributed by atoms with Crippen LogP contribution < -0.4 is 4.74 Å². The molecule has 0 N–H and O–H groups in total. The molecule has 3 aromatic heterocycles. The van der Waals surface area contributed by atoms with E-state index in [1.54, 1.807) is 36.5 Å². The molecule has 1 aliphatic carbocycles. The Balaban J connectivity index is 1.41. The summed E-state index contributed by atoms with van der Waals surface area (Å²) in [5.41, 5.74) is 2.30. The lowest BCUT2D eigenvalue weighted by molar-refractivity contribution is 0.415. The van der Waals surface area contributed by atoms with Crippen molar-refractivity contribution < 1.29 is 9.15 Å². The van der Waals surface area contributed by atoms with Crippen LogP contribution in [0.2, 0.25) is 0 Å². The van der Waals surface area contributed by atoms with Crippen LogP contribution in [-0.4, -0.2) is 27.3 Å². The maximum absolute atomic E-state index is 5.94. The molecular formula is C20H18N4O2S2. The fraction of sp³-hybridized carbons (Fsp3) is 0.300. The Bertz CT molecular complexity index is 1140. The number of aromatic nitrogens is 4. The van der Waals surface area contributed by atoms with Crippen LogP contribution in [0.25, 0.3) is 21.7 Å². The maximum Gasteiger partial charge on any atom is 0.247 e. The van der Waals surface area contributed by atoms with Crippen LogP contribution in [0.1, 0.15) is 34.9 Å². The van der Waals surface area contributed by atoms with Crippen molar-refractivity contribution in [2.45, 2.75) is 36.5 Å². The lowest BCUT2D eigenvalue weighted by Crippen LogP contribution is -1.92. The summed E-state index contributed by atoms with van der Waals surface area (Å²) in [5.74, 6) is 1.90. The van der Waals surface area contributed by atoms with E-state index in [9.17, 15) is 0 Å². The first-order valence-electron chi connectivity index (χ1n) is 9.12. The van der Waals surface area contributed by atoms with Crippen LogP contribution in [0.15, 0.2) is 40.0 Å². The number of benzene rings is 1. The molecule has 4 aromatic rings. The third kappa shape index (κ3) is 3.06. The molecule has 1 aromatic carbocycles. The molecule has 0 unspecified atom stereocenters. The SMILES string of the molecule is COc1ccc(-c2nnc([C@@H](C)Sc3ncnc4sc5c(c34)CCC5)o2)cc1. The second-order valence-corrected chi connectivity index (χ2v) is 9.06. The number of rotatable bonds is 5. The zero-order chi connectivity index (χ0) is 19.1. The third-order valence-corrected chi connectivity index (χ3v) is 7.17. The number of thiophene rings is 1. The lowest BCUT2D eigenvalue weighted by Gasteiger charge is -2.07. The van der Waals surface area contributed by atoms with Gasteiger partial charge in [0.05, 0.1) is 12.4 Å². The van der Waals surface area contributed by atoms with Gasteiger partial charge in [-0.2, -0.15) is 0 Å². The Morgan fingerprint density at radius 2 is 2.00 bits per heavy atom. The van der Waals surface area contributed by atoms with Gasteiger partial charge in [-0.25, -0.2) is 9.97 Å². The summed E-state index contributed by atoms with van der Waals surface area (Å²) in [6, 6.07) is 7.59. The van der Waals surface area contributed by atoms with Gasteiger partial charge in [-0.15, -0.1) is 21.5 Å². The summed E-state index contributed by atoms with van der Waals surface area (Å²) in [6.07, 6.45) is 5.15. The molecule has 3 heterocycles. The van der Waals surface area contributed by atoms with Crippen LogP contribution in [0.5, 0.6) is 5.75 Å². The van der Waals surface area contributed by atoms with E-state index in [0.717, 1.165) is 34.0 Å². The quantitative estimate of drug-likeness (QED) is 0.335. The number of nitrogens with zero attached hydrogens (tertiary/aromatic N) is 4. The Kier molecular flexibility index (Phi) is 4.52. The number of aryl methyl sites for hydroxylation is 2.